The topological polar surface area (TPSA) is 63.5 Å². The van der Waals surface area contributed by atoms with Crippen LogP contribution in [0, 0.1) is 6.92 Å². The van der Waals surface area contributed by atoms with Crippen LogP contribution in [0.3, 0.4) is 0 Å². The van der Waals surface area contributed by atoms with E-state index in [0.717, 1.165) is 48.1 Å². The Hall–Kier alpha value is -2.29. The molecule has 3 aromatic rings. The SMILES string of the molecule is CCOc1ccccc1CNC(=NC)NCCCn1c(C)nc2ccccc21.I. The molecule has 0 atom stereocenters. The summed E-state index contributed by atoms with van der Waals surface area (Å²) in [5, 5.41) is 6.74. The van der Waals surface area contributed by atoms with E-state index in [9.17, 15) is 0 Å². The van der Waals surface area contributed by atoms with Crippen molar-refractivity contribution < 1.29 is 4.74 Å². The molecule has 156 valence electrons. The lowest BCUT2D eigenvalue weighted by molar-refractivity contribution is 0.336. The summed E-state index contributed by atoms with van der Waals surface area (Å²) in [6.07, 6.45) is 0.984. The molecule has 2 aromatic carbocycles. The number of nitrogens with one attached hydrogen (secondary N) is 2. The molecule has 0 aliphatic carbocycles. The number of ether oxygens (including phenoxy) is 1. The van der Waals surface area contributed by atoms with E-state index in [0.29, 0.717) is 13.2 Å². The third kappa shape index (κ3) is 6.09. The predicted molar refractivity (Wildman–Crippen MR) is 130 cm³/mol. The highest BCUT2D eigenvalue weighted by Crippen LogP contribution is 2.17. The first-order chi connectivity index (χ1) is 13.7. The molecule has 3 rings (SSSR count). The van der Waals surface area contributed by atoms with Crippen LogP contribution in [-0.2, 0) is 13.1 Å². The Bertz CT molecular complexity index is 938. The smallest absolute Gasteiger partial charge is 0.191 e. The predicted octanol–water partition coefficient (Wildman–Crippen LogP) is 4.12. The van der Waals surface area contributed by atoms with Gasteiger partial charge in [0.25, 0.3) is 0 Å². The minimum Gasteiger partial charge on any atom is -0.494 e. The molecule has 0 radical (unpaired) electrons. The van der Waals surface area contributed by atoms with E-state index >= 15 is 0 Å². The van der Waals surface area contributed by atoms with Crippen LogP contribution in [0.25, 0.3) is 11.0 Å². The van der Waals surface area contributed by atoms with E-state index in [1.165, 1.54) is 5.52 Å². The monoisotopic (exact) mass is 507 g/mol. The number of aliphatic imine (C=N–C) groups is 1. The second-order valence-electron chi connectivity index (χ2n) is 6.55. The molecule has 2 N–H and O–H groups in total. The number of halogens is 1. The van der Waals surface area contributed by atoms with Crippen molar-refractivity contribution in [2.24, 2.45) is 4.99 Å². The normalized spacial score (nSPS) is 11.2. The number of aromatic nitrogens is 2. The molecule has 0 saturated carbocycles. The fourth-order valence-electron chi connectivity index (χ4n) is 3.27. The Labute approximate surface area is 189 Å². The van der Waals surface area contributed by atoms with Gasteiger partial charge in [0, 0.05) is 32.2 Å². The zero-order valence-electron chi connectivity index (χ0n) is 17.3. The number of guanidine groups is 1. The van der Waals surface area contributed by atoms with Gasteiger partial charge in [0.05, 0.1) is 17.6 Å². The highest BCUT2D eigenvalue weighted by atomic mass is 127. The average molecular weight is 507 g/mol. The molecule has 0 fully saturated rings. The number of nitrogens with zero attached hydrogens (tertiary/aromatic N) is 3. The average Bonchev–Trinajstić information content (AvgIpc) is 3.04. The molecule has 0 bridgehead atoms. The van der Waals surface area contributed by atoms with Crippen LogP contribution in [0.15, 0.2) is 53.5 Å². The van der Waals surface area contributed by atoms with Gasteiger partial charge in [0.2, 0.25) is 0 Å². The highest BCUT2D eigenvalue weighted by molar-refractivity contribution is 14.0. The van der Waals surface area contributed by atoms with Crippen molar-refractivity contribution >= 4 is 41.0 Å². The molecule has 7 heteroatoms. The zero-order chi connectivity index (χ0) is 19.8. The largest absolute Gasteiger partial charge is 0.494 e. The van der Waals surface area contributed by atoms with Crippen molar-refractivity contribution in [1.29, 1.82) is 0 Å². The molecule has 1 aromatic heterocycles. The lowest BCUT2D eigenvalue weighted by atomic mass is 10.2. The Morgan fingerprint density at radius 3 is 2.66 bits per heavy atom. The van der Waals surface area contributed by atoms with Gasteiger partial charge in [-0.3, -0.25) is 4.99 Å². The van der Waals surface area contributed by atoms with E-state index in [2.05, 4.69) is 56.4 Å². The fraction of sp³-hybridized carbons (Fsp3) is 0.364. The molecule has 6 nitrogen and oxygen atoms in total. The number of benzene rings is 2. The third-order valence-electron chi connectivity index (χ3n) is 4.64. The third-order valence-corrected chi connectivity index (χ3v) is 4.64. The first kappa shape index (κ1) is 23.0. The minimum absolute atomic E-state index is 0. The van der Waals surface area contributed by atoms with Gasteiger partial charge in [-0.15, -0.1) is 24.0 Å². The zero-order valence-corrected chi connectivity index (χ0v) is 19.6. The van der Waals surface area contributed by atoms with Crippen LogP contribution in [0.4, 0.5) is 0 Å². The number of aryl methyl sites for hydroxylation is 2. The lowest BCUT2D eigenvalue weighted by Gasteiger charge is -2.14. The summed E-state index contributed by atoms with van der Waals surface area (Å²) in [4.78, 5) is 8.94. The van der Waals surface area contributed by atoms with Crippen LogP contribution in [-0.4, -0.2) is 35.7 Å². The van der Waals surface area contributed by atoms with Gasteiger partial charge in [-0.05, 0) is 38.5 Å². The van der Waals surface area contributed by atoms with Gasteiger partial charge in [-0.25, -0.2) is 4.98 Å². The molecular formula is C22H30IN5O. The summed E-state index contributed by atoms with van der Waals surface area (Å²) in [5.41, 5.74) is 3.36. The summed E-state index contributed by atoms with van der Waals surface area (Å²) in [6, 6.07) is 16.3. The number of hydrogen-bond donors (Lipinski definition) is 2. The van der Waals surface area contributed by atoms with Gasteiger partial charge in [0.1, 0.15) is 11.6 Å². The van der Waals surface area contributed by atoms with Crippen molar-refractivity contribution in [3.8, 4) is 5.75 Å². The number of fused-ring (bicyclic) bond motifs is 1. The molecule has 0 aliphatic heterocycles. The standard InChI is InChI=1S/C22H29N5O.HI/c1-4-28-21-13-8-5-10-18(21)16-25-22(23-3)24-14-9-15-27-17(2)26-19-11-6-7-12-20(19)27;/h5-8,10-13H,4,9,14-16H2,1-3H3,(H2,23,24,25);1H. The van der Waals surface area contributed by atoms with E-state index in [1.54, 1.807) is 7.05 Å². The summed E-state index contributed by atoms with van der Waals surface area (Å²) in [7, 11) is 1.79. The fourth-order valence-corrected chi connectivity index (χ4v) is 3.27. The van der Waals surface area contributed by atoms with Crippen LogP contribution >= 0.6 is 24.0 Å². The second kappa shape index (κ2) is 11.6. The molecule has 0 saturated heterocycles. The molecule has 0 spiro atoms. The number of rotatable bonds is 8. The Morgan fingerprint density at radius 1 is 1.10 bits per heavy atom. The van der Waals surface area contributed by atoms with Crippen molar-refractivity contribution in [1.82, 2.24) is 20.2 Å². The van der Waals surface area contributed by atoms with E-state index in [4.69, 9.17) is 4.74 Å². The van der Waals surface area contributed by atoms with Crippen LogP contribution in [0.1, 0.15) is 24.7 Å². The van der Waals surface area contributed by atoms with E-state index in [-0.39, 0.29) is 24.0 Å². The van der Waals surface area contributed by atoms with Crippen molar-refractivity contribution in [3.63, 3.8) is 0 Å². The van der Waals surface area contributed by atoms with Gasteiger partial charge >= 0.3 is 0 Å². The van der Waals surface area contributed by atoms with Crippen molar-refractivity contribution in [3.05, 3.63) is 59.9 Å². The number of imidazole rings is 1. The Balaban J connectivity index is 0.00000300. The van der Waals surface area contributed by atoms with Gasteiger partial charge in [-0.2, -0.15) is 0 Å². The lowest BCUT2D eigenvalue weighted by Crippen LogP contribution is -2.37. The van der Waals surface area contributed by atoms with E-state index < -0.39 is 0 Å². The van der Waals surface area contributed by atoms with E-state index in [1.807, 2.05) is 31.2 Å². The van der Waals surface area contributed by atoms with Crippen LogP contribution < -0.4 is 15.4 Å². The minimum atomic E-state index is 0. The molecule has 1 heterocycles. The molecule has 0 aliphatic rings. The molecular weight excluding hydrogens is 477 g/mol. The summed E-state index contributed by atoms with van der Waals surface area (Å²) in [6.45, 7) is 7.13. The van der Waals surface area contributed by atoms with Crippen LogP contribution in [0.2, 0.25) is 0 Å². The maximum absolute atomic E-state index is 5.68. The Morgan fingerprint density at radius 2 is 1.86 bits per heavy atom. The quantitative estimate of drug-likeness (QED) is 0.209. The molecule has 0 amide bonds. The van der Waals surface area contributed by atoms with Gasteiger partial charge in [0.15, 0.2) is 5.96 Å². The van der Waals surface area contributed by atoms with Crippen molar-refractivity contribution in [2.45, 2.75) is 33.4 Å². The van der Waals surface area contributed by atoms with Gasteiger partial charge < -0.3 is 19.9 Å². The maximum atomic E-state index is 5.68. The number of para-hydroxylation sites is 3. The molecule has 29 heavy (non-hydrogen) atoms. The maximum Gasteiger partial charge on any atom is 0.191 e. The number of hydrogen-bond acceptors (Lipinski definition) is 3. The molecule has 0 unspecified atom stereocenters. The summed E-state index contributed by atoms with van der Waals surface area (Å²) >= 11 is 0. The van der Waals surface area contributed by atoms with Crippen molar-refractivity contribution in [2.75, 3.05) is 20.2 Å². The second-order valence-corrected chi connectivity index (χ2v) is 6.55. The Kier molecular flexibility index (Phi) is 9.24. The summed E-state index contributed by atoms with van der Waals surface area (Å²) < 4.78 is 7.95. The van der Waals surface area contributed by atoms with Gasteiger partial charge in [-0.1, -0.05) is 30.3 Å². The first-order valence-corrected chi connectivity index (χ1v) is 9.80. The first-order valence-electron chi connectivity index (χ1n) is 9.80. The summed E-state index contributed by atoms with van der Waals surface area (Å²) in [5.74, 6) is 2.75. The van der Waals surface area contributed by atoms with Crippen LogP contribution in [0.5, 0.6) is 5.75 Å². The highest BCUT2D eigenvalue weighted by Gasteiger charge is 2.07.